The largest absolute Gasteiger partial charge is 0.462 e. The van der Waals surface area contributed by atoms with Crippen LogP contribution in [0, 0.1) is 0 Å². The van der Waals surface area contributed by atoms with Crippen LogP contribution in [0.5, 0.6) is 0 Å². The zero-order chi connectivity index (χ0) is 21.9. The third-order valence-corrected chi connectivity index (χ3v) is 4.00. The molecule has 0 atom stereocenters. The van der Waals surface area contributed by atoms with Crippen molar-refractivity contribution in [2.24, 2.45) is 0 Å². The van der Waals surface area contributed by atoms with E-state index < -0.39 is 23.6 Å². The first kappa shape index (κ1) is 20.8. The predicted molar refractivity (Wildman–Crippen MR) is 101 cm³/mol. The number of anilines is 2. The minimum atomic E-state index is -4.45. The number of aromatic nitrogens is 3. The van der Waals surface area contributed by atoms with Gasteiger partial charge >= 0.3 is 12.1 Å². The summed E-state index contributed by atoms with van der Waals surface area (Å²) in [7, 11) is 0. The maximum absolute atomic E-state index is 12.6. The number of nitrogens with two attached hydrogens (primary N) is 1. The van der Waals surface area contributed by atoms with Crippen LogP contribution in [0.15, 0.2) is 48.8 Å². The molecule has 156 valence electrons. The van der Waals surface area contributed by atoms with Gasteiger partial charge in [-0.15, -0.1) is 0 Å². The number of amides is 1. The Labute approximate surface area is 168 Å². The number of pyridine rings is 1. The third-order valence-electron chi connectivity index (χ3n) is 4.00. The number of nitrogen functional groups attached to an aromatic ring is 1. The minimum absolute atomic E-state index is 0.0305. The van der Waals surface area contributed by atoms with Crippen molar-refractivity contribution in [3.63, 3.8) is 0 Å². The van der Waals surface area contributed by atoms with Crippen LogP contribution in [0.25, 0.3) is 5.82 Å². The predicted octanol–water partition coefficient (Wildman–Crippen LogP) is 3.30. The van der Waals surface area contributed by atoms with Crippen LogP contribution in [-0.4, -0.2) is 33.2 Å². The standard InChI is InChI=1S/C19H16F3N5O3/c1-2-30-18(29)14-10-25-27(16(14)23)15-8-3-11(9-24-15)17(28)26-13-6-4-12(5-7-13)19(20,21)22/h3-10H,2,23H2,1H3,(H,26,28). The molecule has 0 aliphatic heterocycles. The van der Waals surface area contributed by atoms with Gasteiger partial charge in [-0.05, 0) is 43.3 Å². The zero-order valence-corrected chi connectivity index (χ0v) is 15.6. The summed E-state index contributed by atoms with van der Waals surface area (Å²) in [5.74, 6) is -0.889. The number of benzene rings is 1. The molecule has 0 aliphatic rings. The van der Waals surface area contributed by atoms with Gasteiger partial charge in [0.05, 0.1) is 23.9 Å². The van der Waals surface area contributed by atoms with Gasteiger partial charge < -0.3 is 15.8 Å². The number of carbonyl (C=O) groups excluding carboxylic acids is 2. The van der Waals surface area contributed by atoms with E-state index in [1.54, 1.807) is 6.92 Å². The van der Waals surface area contributed by atoms with Crippen molar-refractivity contribution >= 4 is 23.4 Å². The molecule has 0 unspecified atom stereocenters. The third kappa shape index (κ3) is 4.40. The summed E-state index contributed by atoms with van der Waals surface area (Å²) in [4.78, 5) is 28.2. The number of alkyl halides is 3. The van der Waals surface area contributed by atoms with Crippen LogP contribution < -0.4 is 11.1 Å². The van der Waals surface area contributed by atoms with Gasteiger partial charge in [0, 0.05) is 11.9 Å². The topological polar surface area (TPSA) is 112 Å². The molecule has 8 nitrogen and oxygen atoms in total. The molecule has 3 aromatic rings. The molecular weight excluding hydrogens is 403 g/mol. The fourth-order valence-electron chi connectivity index (χ4n) is 2.50. The molecular formula is C19H16F3N5O3. The highest BCUT2D eigenvalue weighted by Crippen LogP contribution is 2.29. The summed E-state index contributed by atoms with van der Waals surface area (Å²) in [5.41, 5.74) is 5.54. The van der Waals surface area contributed by atoms with Gasteiger partial charge in [-0.1, -0.05) is 0 Å². The fraction of sp³-hybridized carbons (Fsp3) is 0.158. The highest BCUT2D eigenvalue weighted by Gasteiger charge is 2.30. The van der Waals surface area contributed by atoms with E-state index in [1.807, 2.05) is 0 Å². The van der Waals surface area contributed by atoms with Gasteiger partial charge in [-0.2, -0.15) is 23.0 Å². The summed E-state index contributed by atoms with van der Waals surface area (Å²) < 4.78 is 43.9. The number of carbonyl (C=O) groups is 2. The van der Waals surface area contributed by atoms with Gasteiger partial charge in [0.2, 0.25) is 0 Å². The van der Waals surface area contributed by atoms with Crippen LogP contribution in [0.2, 0.25) is 0 Å². The van der Waals surface area contributed by atoms with Gasteiger partial charge in [0.25, 0.3) is 5.91 Å². The first-order valence-electron chi connectivity index (χ1n) is 8.66. The Morgan fingerprint density at radius 2 is 1.83 bits per heavy atom. The van der Waals surface area contributed by atoms with Gasteiger partial charge in [-0.25, -0.2) is 9.78 Å². The quantitative estimate of drug-likeness (QED) is 0.614. The molecule has 0 bridgehead atoms. The average Bonchev–Trinajstić information content (AvgIpc) is 3.09. The van der Waals surface area contributed by atoms with Crippen molar-refractivity contribution in [3.8, 4) is 5.82 Å². The Morgan fingerprint density at radius 1 is 1.13 bits per heavy atom. The lowest BCUT2D eigenvalue weighted by Gasteiger charge is -2.09. The molecule has 0 radical (unpaired) electrons. The Bertz CT molecular complexity index is 1060. The van der Waals surface area contributed by atoms with Gasteiger partial charge in [-0.3, -0.25) is 4.79 Å². The SMILES string of the molecule is CCOC(=O)c1cnn(-c2ccc(C(=O)Nc3ccc(C(F)(F)F)cc3)cn2)c1N. The molecule has 2 aromatic heterocycles. The molecule has 1 aromatic carbocycles. The number of nitrogens with zero attached hydrogens (tertiary/aromatic N) is 3. The van der Waals surface area contributed by atoms with E-state index in [9.17, 15) is 22.8 Å². The van der Waals surface area contributed by atoms with Gasteiger partial charge in [0.1, 0.15) is 11.4 Å². The molecule has 11 heteroatoms. The van der Waals surface area contributed by atoms with E-state index in [0.29, 0.717) is 0 Å². The maximum Gasteiger partial charge on any atom is 0.416 e. The Balaban J connectivity index is 1.73. The molecule has 0 fully saturated rings. The molecule has 0 saturated carbocycles. The number of ether oxygens (including phenoxy) is 1. The number of nitrogens with one attached hydrogen (secondary N) is 1. The van der Waals surface area contributed by atoms with Crippen molar-refractivity contribution in [3.05, 3.63) is 65.5 Å². The highest BCUT2D eigenvalue weighted by molar-refractivity contribution is 6.04. The molecule has 0 spiro atoms. The number of hydrogen-bond donors (Lipinski definition) is 2. The Hall–Kier alpha value is -3.89. The summed E-state index contributed by atoms with van der Waals surface area (Å²) in [6, 6.07) is 6.96. The lowest BCUT2D eigenvalue weighted by atomic mass is 10.2. The van der Waals surface area contributed by atoms with Crippen LogP contribution >= 0.6 is 0 Å². The van der Waals surface area contributed by atoms with E-state index in [1.165, 1.54) is 29.2 Å². The van der Waals surface area contributed by atoms with Crippen LogP contribution in [0.3, 0.4) is 0 Å². The molecule has 3 rings (SSSR count). The second-order valence-electron chi connectivity index (χ2n) is 6.01. The summed E-state index contributed by atoms with van der Waals surface area (Å²) >= 11 is 0. The smallest absolute Gasteiger partial charge is 0.416 e. The molecule has 1 amide bonds. The normalized spacial score (nSPS) is 11.2. The highest BCUT2D eigenvalue weighted by atomic mass is 19.4. The molecule has 2 heterocycles. The maximum atomic E-state index is 12.6. The average molecular weight is 419 g/mol. The van der Waals surface area contributed by atoms with Crippen molar-refractivity contribution in [2.75, 3.05) is 17.7 Å². The second kappa shape index (κ2) is 8.23. The molecule has 0 aliphatic carbocycles. The van der Waals surface area contributed by atoms with Crippen LogP contribution in [0.4, 0.5) is 24.7 Å². The number of esters is 1. The van der Waals surface area contributed by atoms with E-state index in [-0.39, 0.29) is 35.1 Å². The van der Waals surface area contributed by atoms with Crippen molar-refractivity contribution < 1.29 is 27.5 Å². The molecule has 3 N–H and O–H groups in total. The van der Waals surface area contributed by atoms with Crippen molar-refractivity contribution in [2.45, 2.75) is 13.1 Å². The first-order chi connectivity index (χ1) is 14.2. The summed E-state index contributed by atoms with van der Waals surface area (Å²) in [5, 5.41) is 6.48. The Morgan fingerprint density at radius 3 is 2.40 bits per heavy atom. The van der Waals surface area contributed by atoms with E-state index in [2.05, 4.69) is 15.4 Å². The number of rotatable bonds is 5. The van der Waals surface area contributed by atoms with Crippen molar-refractivity contribution in [1.29, 1.82) is 0 Å². The fourth-order valence-corrected chi connectivity index (χ4v) is 2.50. The number of halogens is 3. The minimum Gasteiger partial charge on any atom is -0.462 e. The summed E-state index contributed by atoms with van der Waals surface area (Å²) in [6.45, 7) is 1.85. The van der Waals surface area contributed by atoms with E-state index >= 15 is 0 Å². The van der Waals surface area contributed by atoms with E-state index in [0.717, 1.165) is 24.3 Å². The second-order valence-corrected chi connectivity index (χ2v) is 6.01. The lowest BCUT2D eigenvalue weighted by molar-refractivity contribution is -0.137. The zero-order valence-electron chi connectivity index (χ0n) is 15.6. The van der Waals surface area contributed by atoms with Gasteiger partial charge in [0.15, 0.2) is 5.82 Å². The lowest BCUT2D eigenvalue weighted by Crippen LogP contribution is -2.14. The molecule has 30 heavy (non-hydrogen) atoms. The summed E-state index contributed by atoms with van der Waals surface area (Å²) in [6.07, 6.45) is -1.95. The van der Waals surface area contributed by atoms with Crippen LogP contribution in [0.1, 0.15) is 33.2 Å². The first-order valence-corrected chi connectivity index (χ1v) is 8.66. The molecule has 0 saturated heterocycles. The Kier molecular flexibility index (Phi) is 5.72. The monoisotopic (exact) mass is 419 g/mol. The van der Waals surface area contributed by atoms with Crippen LogP contribution in [-0.2, 0) is 10.9 Å². The van der Waals surface area contributed by atoms with E-state index in [4.69, 9.17) is 10.5 Å². The number of hydrogen-bond acceptors (Lipinski definition) is 6. The van der Waals surface area contributed by atoms with Crippen molar-refractivity contribution in [1.82, 2.24) is 14.8 Å².